The van der Waals surface area contributed by atoms with Crippen LogP contribution in [-0.4, -0.2) is 0 Å². The molecule has 0 radical (unpaired) electrons. The summed E-state index contributed by atoms with van der Waals surface area (Å²) in [5.41, 5.74) is 6.16. The lowest BCUT2D eigenvalue weighted by molar-refractivity contribution is 0.448. The second-order valence-corrected chi connectivity index (χ2v) is 5.10. The van der Waals surface area contributed by atoms with Crippen molar-refractivity contribution in [1.29, 1.82) is 0 Å². The topological polar surface area (TPSA) is 0 Å². The van der Waals surface area contributed by atoms with E-state index >= 15 is 0 Å². The second-order valence-electron chi connectivity index (χ2n) is 5.10. The van der Waals surface area contributed by atoms with E-state index in [4.69, 9.17) is 0 Å². The monoisotopic (exact) mass is 188 g/mol. The van der Waals surface area contributed by atoms with Crippen molar-refractivity contribution in [3.8, 4) is 0 Å². The third kappa shape index (κ3) is 1.58. The molecule has 1 aliphatic rings. The van der Waals surface area contributed by atoms with Crippen LogP contribution in [0, 0.1) is 19.8 Å². The smallest absolute Gasteiger partial charge is 0.0182 e. The Hall–Kier alpha value is -0.780. The molecule has 1 aromatic carbocycles. The molecule has 14 heavy (non-hydrogen) atoms. The van der Waals surface area contributed by atoms with Crippen LogP contribution in [0.3, 0.4) is 0 Å². The molecule has 0 amide bonds. The van der Waals surface area contributed by atoms with E-state index in [1.165, 1.54) is 24.0 Å². The van der Waals surface area contributed by atoms with E-state index in [1.54, 1.807) is 11.1 Å². The third-order valence-corrected chi connectivity index (χ3v) is 3.43. The number of aryl methyl sites for hydroxylation is 2. The Labute approximate surface area is 87.3 Å². The number of hydrogen-bond acceptors (Lipinski definition) is 0. The van der Waals surface area contributed by atoms with E-state index in [2.05, 4.69) is 39.8 Å². The maximum Gasteiger partial charge on any atom is -0.0182 e. The van der Waals surface area contributed by atoms with Gasteiger partial charge < -0.3 is 0 Å². The van der Waals surface area contributed by atoms with Crippen molar-refractivity contribution in [2.24, 2.45) is 5.92 Å². The Morgan fingerprint density at radius 1 is 1.14 bits per heavy atom. The van der Waals surface area contributed by atoms with Crippen LogP contribution in [-0.2, 0) is 6.42 Å². The molecule has 0 saturated heterocycles. The summed E-state index contributed by atoms with van der Waals surface area (Å²) in [6, 6.07) is 4.71. The van der Waals surface area contributed by atoms with Crippen molar-refractivity contribution < 1.29 is 0 Å². The Morgan fingerprint density at radius 2 is 1.86 bits per heavy atom. The largest absolute Gasteiger partial charge is 0.0622 e. The maximum atomic E-state index is 2.38. The van der Waals surface area contributed by atoms with Crippen LogP contribution in [0.4, 0.5) is 0 Å². The van der Waals surface area contributed by atoms with Crippen LogP contribution < -0.4 is 0 Å². The molecule has 0 fully saturated rings. The van der Waals surface area contributed by atoms with Gasteiger partial charge in [-0.05, 0) is 55.2 Å². The van der Waals surface area contributed by atoms with E-state index in [0.717, 1.165) is 11.8 Å². The summed E-state index contributed by atoms with van der Waals surface area (Å²) in [4.78, 5) is 0. The van der Waals surface area contributed by atoms with E-state index < -0.39 is 0 Å². The average molecular weight is 188 g/mol. The van der Waals surface area contributed by atoms with Crippen LogP contribution in [0.25, 0.3) is 0 Å². The lowest BCUT2D eigenvalue weighted by Crippen LogP contribution is -2.16. The molecule has 0 aromatic heterocycles. The molecule has 0 heterocycles. The molecule has 0 spiro atoms. The van der Waals surface area contributed by atoms with Crippen LogP contribution in [0.5, 0.6) is 0 Å². The molecule has 0 N–H and O–H groups in total. The minimum absolute atomic E-state index is 0.759. The van der Waals surface area contributed by atoms with Gasteiger partial charge in [-0.15, -0.1) is 0 Å². The molecule has 2 rings (SSSR count). The van der Waals surface area contributed by atoms with E-state index in [1.807, 2.05) is 0 Å². The minimum atomic E-state index is 0.759. The molecule has 2 unspecified atom stereocenters. The zero-order valence-electron chi connectivity index (χ0n) is 9.72. The van der Waals surface area contributed by atoms with Gasteiger partial charge in [0, 0.05) is 0 Å². The van der Waals surface area contributed by atoms with E-state index in [0.29, 0.717) is 0 Å². The van der Waals surface area contributed by atoms with Crippen LogP contribution in [0.1, 0.15) is 48.4 Å². The summed E-state index contributed by atoms with van der Waals surface area (Å²) in [5.74, 6) is 1.62. The lowest BCUT2D eigenvalue weighted by Gasteiger charge is -2.29. The van der Waals surface area contributed by atoms with Crippen LogP contribution >= 0.6 is 0 Å². The van der Waals surface area contributed by atoms with Gasteiger partial charge in [0.05, 0.1) is 0 Å². The van der Waals surface area contributed by atoms with Crippen molar-refractivity contribution in [2.45, 2.75) is 46.5 Å². The molecule has 0 saturated carbocycles. The summed E-state index contributed by atoms with van der Waals surface area (Å²) < 4.78 is 0. The Kier molecular flexibility index (Phi) is 2.38. The van der Waals surface area contributed by atoms with Gasteiger partial charge >= 0.3 is 0 Å². The van der Waals surface area contributed by atoms with Crippen molar-refractivity contribution in [3.05, 3.63) is 34.4 Å². The summed E-state index contributed by atoms with van der Waals surface area (Å²) in [7, 11) is 0. The number of hydrogen-bond donors (Lipinski definition) is 0. The second kappa shape index (κ2) is 3.42. The Bertz CT molecular complexity index is 349. The van der Waals surface area contributed by atoms with Crippen molar-refractivity contribution in [1.82, 2.24) is 0 Å². The van der Waals surface area contributed by atoms with Gasteiger partial charge in [-0.3, -0.25) is 0 Å². The Morgan fingerprint density at radius 3 is 2.57 bits per heavy atom. The van der Waals surface area contributed by atoms with Gasteiger partial charge in [0.2, 0.25) is 0 Å². The van der Waals surface area contributed by atoms with Crippen molar-refractivity contribution in [3.63, 3.8) is 0 Å². The zero-order chi connectivity index (χ0) is 10.3. The molecule has 1 aromatic rings. The van der Waals surface area contributed by atoms with Gasteiger partial charge in [-0.2, -0.15) is 0 Å². The third-order valence-electron chi connectivity index (χ3n) is 3.43. The summed E-state index contributed by atoms with van der Waals surface area (Å²) >= 11 is 0. The first-order valence-electron chi connectivity index (χ1n) is 5.68. The summed E-state index contributed by atoms with van der Waals surface area (Å²) in [6.45, 7) is 9.21. The van der Waals surface area contributed by atoms with Crippen molar-refractivity contribution >= 4 is 0 Å². The predicted molar refractivity (Wildman–Crippen MR) is 61.8 cm³/mol. The SMILES string of the molecule is Cc1cc(C)c2c(c1)CC(C)CC2C. The van der Waals surface area contributed by atoms with Crippen LogP contribution in [0.15, 0.2) is 12.1 Å². The van der Waals surface area contributed by atoms with Gasteiger partial charge in [0.1, 0.15) is 0 Å². The van der Waals surface area contributed by atoms with Gasteiger partial charge in [-0.25, -0.2) is 0 Å². The highest BCUT2D eigenvalue weighted by atomic mass is 14.3. The molecule has 1 aliphatic carbocycles. The highest BCUT2D eigenvalue weighted by Crippen LogP contribution is 2.36. The first kappa shape index (κ1) is 9.76. The fraction of sp³-hybridized carbons (Fsp3) is 0.571. The van der Waals surface area contributed by atoms with E-state index in [-0.39, 0.29) is 0 Å². The standard InChI is InChI=1S/C14H20/c1-9-5-11(3)14-12(4)6-10(2)8-13(14)7-9/h5,7,10,12H,6,8H2,1-4H3. The quantitative estimate of drug-likeness (QED) is 0.577. The van der Waals surface area contributed by atoms with Gasteiger partial charge in [0.15, 0.2) is 0 Å². The van der Waals surface area contributed by atoms with E-state index in [9.17, 15) is 0 Å². The molecule has 0 aliphatic heterocycles. The molecule has 76 valence electrons. The number of rotatable bonds is 0. The highest BCUT2D eigenvalue weighted by Gasteiger charge is 2.22. The highest BCUT2D eigenvalue weighted by molar-refractivity contribution is 5.42. The summed E-state index contributed by atoms with van der Waals surface area (Å²) in [6.07, 6.45) is 2.64. The average Bonchev–Trinajstić information content (AvgIpc) is 1.99. The lowest BCUT2D eigenvalue weighted by atomic mass is 9.76. The molecular weight excluding hydrogens is 168 g/mol. The van der Waals surface area contributed by atoms with Gasteiger partial charge in [0.25, 0.3) is 0 Å². The first-order chi connectivity index (χ1) is 6.58. The summed E-state index contributed by atoms with van der Waals surface area (Å²) in [5, 5.41) is 0. The maximum absolute atomic E-state index is 2.38. The minimum Gasteiger partial charge on any atom is -0.0622 e. The number of benzene rings is 1. The molecular formula is C14H20. The fourth-order valence-electron chi connectivity index (χ4n) is 3.12. The van der Waals surface area contributed by atoms with Crippen molar-refractivity contribution in [2.75, 3.05) is 0 Å². The Balaban J connectivity index is 2.53. The normalized spacial score (nSPS) is 26.0. The molecule has 0 bridgehead atoms. The zero-order valence-corrected chi connectivity index (χ0v) is 9.72. The number of fused-ring (bicyclic) bond motifs is 1. The first-order valence-corrected chi connectivity index (χ1v) is 5.68. The van der Waals surface area contributed by atoms with Crippen LogP contribution in [0.2, 0.25) is 0 Å². The molecule has 0 nitrogen and oxygen atoms in total. The molecule has 0 heteroatoms. The predicted octanol–water partition coefficient (Wildman–Crippen LogP) is 3.99. The fourth-order valence-corrected chi connectivity index (χ4v) is 3.12. The molecule has 2 atom stereocenters. The van der Waals surface area contributed by atoms with Gasteiger partial charge in [-0.1, -0.05) is 31.5 Å².